The first kappa shape index (κ1) is 20.5. The first-order chi connectivity index (χ1) is 9.69. The molecule has 0 aromatic heterocycles. The Morgan fingerprint density at radius 2 is 2.10 bits per heavy atom. The molecule has 0 aliphatic heterocycles. The molecule has 0 heterocycles. The van der Waals surface area contributed by atoms with Crippen molar-refractivity contribution < 1.29 is 9.53 Å². The van der Waals surface area contributed by atoms with Crippen LogP contribution in [0.4, 0.5) is 0 Å². The van der Waals surface area contributed by atoms with Gasteiger partial charge in [-0.2, -0.15) is 0 Å². The highest BCUT2D eigenvalue weighted by atomic mass is 35.5. The number of carbonyl (C=O) groups excluding carboxylic acids is 1. The Hall–Kier alpha value is -0.460. The molecule has 0 saturated carbocycles. The summed E-state index contributed by atoms with van der Waals surface area (Å²) in [4.78, 5) is 13.1. The maximum absolute atomic E-state index is 12.1. The molecular formula is C14H22Cl2N2O2S. The number of thioether (sulfide) groups is 1. The fourth-order valence-corrected chi connectivity index (χ4v) is 2.57. The van der Waals surface area contributed by atoms with Gasteiger partial charge in [0.05, 0.1) is 12.2 Å². The lowest BCUT2D eigenvalue weighted by Gasteiger charge is -2.10. The number of ether oxygens (including phenoxy) is 1. The predicted molar refractivity (Wildman–Crippen MR) is 92.2 cm³/mol. The second-order valence-electron chi connectivity index (χ2n) is 4.07. The first-order valence-corrected chi connectivity index (χ1v) is 7.95. The molecule has 0 atom stereocenters. The fraction of sp³-hybridized carbons (Fsp3) is 0.500. The van der Waals surface area contributed by atoms with Crippen LogP contribution in [-0.2, 0) is 4.74 Å². The Kier molecular flexibility index (Phi) is 11.9. The van der Waals surface area contributed by atoms with E-state index in [2.05, 4.69) is 17.6 Å². The average Bonchev–Trinajstić information content (AvgIpc) is 2.44. The predicted octanol–water partition coefficient (Wildman–Crippen LogP) is 2.84. The summed E-state index contributed by atoms with van der Waals surface area (Å²) in [5.74, 6) is 0.831. The molecule has 0 unspecified atom stereocenters. The van der Waals surface area contributed by atoms with Crippen LogP contribution in [0.15, 0.2) is 23.1 Å². The van der Waals surface area contributed by atoms with Gasteiger partial charge in [0.2, 0.25) is 0 Å². The Morgan fingerprint density at radius 1 is 1.33 bits per heavy atom. The van der Waals surface area contributed by atoms with E-state index in [9.17, 15) is 4.79 Å². The summed E-state index contributed by atoms with van der Waals surface area (Å²) in [6, 6.07) is 5.41. The molecule has 0 radical (unpaired) electrons. The summed E-state index contributed by atoms with van der Waals surface area (Å²) in [5.41, 5.74) is 0.640. The number of nitrogens with one attached hydrogen (secondary N) is 2. The minimum Gasteiger partial charge on any atom is -0.383 e. The van der Waals surface area contributed by atoms with Gasteiger partial charge in [-0.1, -0.05) is 18.5 Å². The van der Waals surface area contributed by atoms with E-state index < -0.39 is 0 Å². The van der Waals surface area contributed by atoms with E-state index in [4.69, 9.17) is 16.3 Å². The molecule has 0 bridgehead atoms. The zero-order valence-electron chi connectivity index (χ0n) is 12.3. The second kappa shape index (κ2) is 12.1. The average molecular weight is 353 g/mol. The highest BCUT2D eigenvalue weighted by Gasteiger charge is 2.11. The van der Waals surface area contributed by atoms with Crippen molar-refractivity contribution in [2.24, 2.45) is 0 Å². The van der Waals surface area contributed by atoms with Crippen molar-refractivity contribution in [3.05, 3.63) is 28.8 Å². The molecule has 7 heteroatoms. The van der Waals surface area contributed by atoms with E-state index in [-0.39, 0.29) is 18.3 Å². The Morgan fingerprint density at radius 3 is 2.76 bits per heavy atom. The molecule has 1 amide bonds. The normalized spacial score (nSPS) is 10.0. The number of carbonyl (C=O) groups is 1. The summed E-state index contributed by atoms with van der Waals surface area (Å²) in [6.07, 6.45) is 0. The van der Waals surface area contributed by atoms with Crippen molar-refractivity contribution in [1.29, 1.82) is 0 Å². The Balaban J connectivity index is 0.00000400. The van der Waals surface area contributed by atoms with Gasteiger partial charge in [-0.15, -0.1) is 24.2 Å². The van der Waals surface area contributed by atoms with Gasteiger partial charge in [0.15, 0.2) is 0 Å². The van der Waals surface area contributed by atoms with Crippen molar-refractivity contribution in [1.82, 2.24) is 10.6 Å². The quantitative estimate of drug-likeness (QED) is 0.530. The van der Waals surface area contributed by atoms with Gasteiger partial charge >= 0.3 is 0 Å². The fourth-order valence-electron chi connectivity index (χ4n) is 1.62. The number of methoxy groups -OCH3 is 1. The van der Waals surface area contributed by atoms with Crippen LogP contribution >= 0.6 is 35.8 Å². The lowest BCUT2D eigenvalue weighted by Crippen LogP contribution is -2.33. The zero-order valence-corrected chi connectivity index (χ0v) is 14.7. The van der Waals surface area contributed by atoms with Crippen LogP contribution in [0.2, 0.25) is 5.02 Å². The van der Waals surface area contributed by atoms with Gasteiger partial charge in [0.25, 0.3) is 5.91 Å². The van der Waals surface area contributed by atoms with Gasteiger partial charge in [0, 0.05) is 36.7 Å². The van der Waals surface area contributed by atoms with E-state index in [0.717, 1.165) is 17.2 Å². The molecule has 21 heavy (non-hydrogen) atoms. The summed E-state index contributed by atoms with van der Waals surface area (Å²) in [6.45, 7) is 4.79. The lowest BCUT2D eigenvalue weighted by molar-refractivity contribution is 0.0951. The number of halogens is 2. The minimum absolute atomic E-state index is 0. The summed E-state index contributed by atoms with van der Waals surface area (Å²) < 4.78 is 4.93. The van der Waals surface area contributed by atoms with Gasteiger partial charge in [-0.25, -0.2) is 0 Å². The standard InChI is InChI=1S/C14H21ClN2O2S.ClH/c1-3-20-13-5-4-11(15)10-12(13)14(18)17-7-6-16-8-9-19-2;/h4-5,10,16H,3,6-9H2,1-2H3,(H,17,18);1H. The van der Waals surface area contributed by atoms with E-state index in [1.54, 1.807) is 24.9 Å². The van der Waals surface area contributed by atoms with Crippen molar-refractivity contribution in [3.63, 3.8) is 0 Å². The summed E-state index contributed by atoms with van der Waals surface area (Å²) in [5, 5.41) is 6.64. The summed E-state index contributed by atoms with van der Waals surface area (Å²) in [7, 11) is 1.66. The van der Waals surface area contributed by atoms with Crippen molar-refractivity contribution in [2.75, 3.05) is 39.1 Å². The topological polar surface area (TPSA) is 50.4 Å². The van der Waals surface area contributed by atoms with Crippen LogP contribution in [0.25, 0.3) is 0 Å². The molecule has 1 rings (SSSR count). The molecule has 0 saturated heterocycles. The van der Waals surface area contributed by atoms with Crippen molar-refractivity contribution in [2.45, 2.75) is 11.8 Å². The number of amides is 1. The number of hydrogen-bond acceptors (Lipinski definition) is 4. The second-order valence-corrected chi connectivity index (χ2v) is 5.81. The van der Waals surface area contributed by atoms with Crippen LogP contribution in [0.1, 0.15) is 17.3 Å². The third kappa shape index (κ3) is 7.93. The molecular weight excluding hydrogens is 331 g/mol. The minimum atomic E-state index is -0.0861. The van der Waals surface area contributed by atoms with E-state index >= 15 is 0 Å². The van der Waals surface area contributed by atoms with Crippen molar-refractivity contribution >= 4 is 41.7 Å². The van der Waals surface area contributed by atoms with E-state index in [0.29, 0.717) is 30.3 Å². The van der Waals surface area contributed by atoms with Gasteiger partial charge in [0.1, 0.15) is 0 Å². The maximum atomic E-state index is 12.1. The van der Waals surface area contributed by atoms with Crippen LogP contribution in [0, 0.1) is 0 Å². The molecule has 4 nitrogen and oxygen atoms in total. The summed E-state index contributed by atoms with van der Waals surface area (Å²) >= 11 is 7.60. The Labute approximate surface area is 141 Å². The first-order valence-electron chi connectivity index (χ1n) is 6.59. The number of hydrogen-bond donors (Lipinski definition) is 2. The molecule has 2 N–H and O–H groups in total. The van der Waals surface area contributed by atoms with Crippen LogP contribution in [0.5, 0.6) is 0 Å². The SMILES string of the molecule is CCSc1ccc(Cl)cc1C(=O)NCCNCCOC.Cl. The number of rotatable bonds is 9. The van der Waals surface area contributed by atoms with Crippen LogP contribution in [0.3, 0.4) is 0 Å². The Bertz CT molecular complexity index is 433. The van der Waals surface area contributed by atoms with Crippen LogP contribution in [-0.4, -0.2) is 45.0 Å². The van der Waals surface area contributed by atoms with Crippen LogP contribution < -0.4 is 10.6 Å². The third-order valence-corrected chi connectivity index (χ3v) is 3.75. The molecule has 1 aromatic carbocycles. The maximum Gasteiger partial charge on any atom is 0.252 e. The molecule has 0 spiro atoms. The largest absolute Gasteiger partial charge is 0.383 e. The third-order valence-electron chi connectivity index (χ3n) is 2.56. The highest BCUT2D eigenvalue weighted by molar-refractivity contribution is 7.99. The molecule has 120 valence electrons. The molecule has 0 fully saturated rings. The highest BCUT2D eigenvalue weighted by Crippen LogP contribution is 2.25. The smallest absolute Gasteiger partial charge is 0.252 e. The van der Waals surface area contributed by atoms with E-state index in [1.165, 1.54) is 0 Å². The zero-order chi connectivity index (χ0) is 14.8. The number of benzene rings is 1. The van der Waals surface area contributed by atoms with E-state index in [1.807, 2.05) is 12.1 Å². The monoisotopic (exact) mass is 352 g/mol. The van der Waals surface area contributed by atoms with Gasteiger partial charge in [-0.05, 0) is 24.0 Å². The lowest BCUT2D eigenvalue weighted by atomic mass is 10.2. The van der Waals surface area contributed by atoms with Gasteiger partial charge in [-0.3, -0.25) is 4.79 Å². The van der Waals surface area contributed by atoms with Gasteiger partial charge < -0.3 is 15.4 Å². The molecule has 0 aliphatic rings. The molecule has 1 aromatic rings. The molecule has 0 aliphatic carbocycles. The van der Waals surface area contributed by atoms with Crippen molar-refractivity contribution in [3.8, 4) is 0 Å².